The summed E-state index contributed by atoms with van der Waals surface area (Å²) in [6.07, 6.45) is 4.06. The molecule has 1 unspecified atom stereocenters. The standard InChI is InChI=1S/C15H21N3O3S/c1-19-13-7-3-5-11(14(13)20-2)9-17-18-15(22)16-10-12-6-4-8-21-12/h3,5,7,9,12H,4,6,8,10H2,1-2H3,(H2,16,18,22)/b17-9+. The highest BCUT2D eigenvalue weighted by molar-refractivity contribution is 7.80. The molecule has 1 aliphatic heterocycles. The van der Waals surface area contributed by atoms with Gasteiger partial charge in [0, 0.05) is 18.7 Å². The third kappa shape index (κ3) is 4.57. The minimum absolute atomic E-state index is 0.238. The molecule has 2 N–H and O–H groups in total. The summed E-state index contributed by atoms with van der Waals surface area (Å²) in [5, 5.41) is 7.67. The molecule has 120 valence electrons. The molecule has 2 rings (SSSR count). The van der Waals surface area contributed by atoms with E-state index in [1.165, 1.54) is 0 Å². The van der Waals surface area contributed by atoms with Crippen molar-refractivity contribution in [2.75, 3.05) is 27.4 Å². The molecule has 1 atom stereocenters. The molecular weight excluding hydrogens is 302 g/mol. The summed E-state index contributed by atoms with van der Waals surface area (Å²) < 4.78 is 16.1. The molecule has 1 aliphatic rings. The molecule has 1 fully saturated rings. The van der Waals surface area contributed by atoms with Crippen LogP contribution >= 0.6 is 12.2 Å². The highest BCUT2D eigenvalue weighted by Crippen LogP contribution is 2.29. The van der Waals surface area contributed by atoms with Crippen LogP contribution in [0.5, 0.6) is 11.5 Å². The van der Waals surface area contributed by atoms with Gasteiger partial charge >= 0.3 is 0 Å². The average molecular weight is 323 g/mol. The van der Waals surface area contributed by atoms with Gasteiger partial charge in [-0.1, -0.05) is 6.07 Å². The van der Waals surface area contributed by atoms with Crippen LogP contribution in [0.1, 0.15) is 18.4 Å². The number of nitrogens with zero attached hydrogens (tertiary/aromatic N) is 1. The second-order valence-electron chi connectivity index (χ2n) is 4.80. The van der Waals surface area contributed by atoms with Crippen molar-refractivity contribution in [1.82, 2.24) is 10.7 Å². The van der Waals surface area contributed by atoms with Crippen LogP contribution in [0.15, 0.2) is 23.3 Å². The van der Waals surface area contributed by atoms with Gasteiger partial charge in [-0.15, -0.1) is 0 Å². The van der Waals surface area contributed by atoms with Crippen LogP contribution in [0.3, 0.4) is 0 Å². The number of thiocarbonyl (C=S) groups is 1. The summed E-state index contributed by atoms with van der Waals surface area (Å²) in [4.78, 5) is 0. The Kier molecular flexibility index (Phi) is 6.42. The van der Waals surface area contributed by atoms with E-state index in [1.807, 2.05) is 18.2 Å². The fraction of sp³-hybridized carbons (Fsp3) is 0.467. The summed E-state index contributed by atoms with van der Waals surface area (Å²) >= 11 is 5.17. The van der Waals surface area contributed by atoms with E-state index >= 15 is 0 Å². The van der Waals surface area contributed by atoms with Crippen molar-refractivity contribution < 1.29 is 14.2 Å². The first kappa shape index (κ1) is 16.5. The predicted octanol–water partition coefficient (Wildman–Crippen LogP) is 1.68. The van der Waals surface area contributed by atoms with Crippen molar-refractivity contribution in [2.45, 2.75) is 18.9 Å². The van der Waals surface area contributed by atoms with Gasteiger partial charge in [0.15, 0.2) is 16.6 Å². The van der Waals surface area contributed by atoms with Gasteiger partial charge < -0.3 is 19.5 Å². The van der Waals surface area contributed by atoms with Crippen molar-refractivity contribution in [2.24, 2.45) is 5.10 Å². The molecule has 0 radical (unpaired) electrons. The van der Waals surface area contributed by atoms with Crippen LogP contribution in [0.4, 0.5) is 0 Å². The quantitative estimate of drug-likeness (QED) is 0.472. The number of rotatable bonds is 6. The third-order valence-electron chi connectivity index (χ3n) is 3.32. The monoisotopic (exact) mass is 323 g/mol. The van der Waals surface area contributed by atoms with Crippen molar-refractivity contribution in [1.29, 1.82) is 0 Å². The molecule has 0 bridgehead atoms. The van der Waals surface area contributed by atoms with Crippen molar-refractivity contribution >= 4 is 23.5 Å². The van der Waals surface area contributed by atoms with Gasteiger partial charge in [-0.3, -0.25) is 5.43 Å². The van der Waals surface area contributed by atoms with Crippen molar-refractivity contribution in [3.05, 3.63) is 23.8 Å². The Morgan fingerprint density at radius 3 is 3.00 bits per heavy atom. The molecule has 1 aromatic carbocycles. The first-order valence-electron chi connectivity index (χ1n) is 7.14. The highest BCUT2D eigenvalue weighted by atomic mass is 32.1. The number of hydrogen-bond acceptors (Lipinski definition) is 5. The zero-order chi connectivity index (χ0) is 15.8. The van der Waals surface area contributed by atoms with Crippen LogP contribution < -0.4 is 20.2 Å². The maximum Gasteiger partial charge on any atom is 0.187 e. The first-order valence-corrected chi connectivity index (χ1v) is 7.55. The molecule has 0 saturated carbocycles. The molecule has 1 aromatic rings. The largest absolute Gasteiger partial charge is 0.493 e. The topological polar surface area (TPSA) is 64.1 Å². The number of ether oxygens (including phenoxy) is 3. The lowest BCUT2D eigenvalue weighted by molar-refractivity contribution is 0.114. The summed E-state index contributed by atoms with van der Waals surface area (Å²) in [7, 11) is 3.19. The zero-order valence-electron chi connectivity index (χ0n) is 12.8. The van der Waals surface area contributed by atoms with Gasteiger partial charge in [-0.25, -0.2) is 0 Å². The SMILES string of the molecule is COc1cccc(/C=N/NC(=S)NCC2CCCO2)c1OC. The summed E-state index contributed by atoms with van der Waals surface area (Å²) in [6.45, 7) is 1.53. The normalized spacial score (nSPS) is 17.5. The smallest absolute Gasteiger partial charge is 0.187 e. The van der Waals surface area contributed by atoms with E-state index in [-0.39, 0.29) is 6.10 Å². The molecule has 0 spiro atoms. The number of methoxy groups -OCH3 is 2. The van der Waals surface area contributed by atoms with E-state index in [0.717, 1.165) is 25.0 Å². The molecule has 6 nitrogen and oxygen atoms in total. The minimum atomic E-state index is 0.238. The Balaban J connectivity index is 1.85. The summed E-state index contributed by atoms with van der Waals surface area (Å²) in [5.41, 5.74) is 3.58. The van der Waals surface area contributed by atoms with E-state index in [2.05, 4.69) is 15.8 Å². The lowest BCUT2D eigenvalue weighted by Gasteiger charge is -2.12. The lowest BCUT2D eigenvalue weighted by atomic mass is 10.2. The average Bonchev–Trinajstić information content (AvgIpc) is 3.06. The van der Waals surface area contributed by atoms with E-state index in [9.17, 15) is 0 Å². The molecular formula is C15H21N3O3S. The molecule has 0 aliphatic carbocycles. The van der Waals surface area contributed by atoms with Gasteiger partial charge in [0.1, 0.15) is 0 Å². The van der Waals surface area contributed by atoms with Crippen LogP contribution in [0.2, 0.25) is 0 Å². The number of benzene rings is 1. The second kappa shape index (κ2) is 8.55. The fourth-order valence-corrected chi connectivity index (χ4v) is 2.36. The summed E-state index contributed by atoms with van der Waals surface area (Å²) in [6, 6.07) is 5.59. The van der Waals surface area contributed by atoms with Gasteiger partial charge in [0.05, 0.1) is 26.5 Å². The van der Waals surface area contributed by atoms with E-state index < -0.39 is 0 Å². The third-order valence-corrected chi connectivity index (χ3v) is 3.55. The van der Waals surface area contributed by atoms with Crippen LogP contribution in [0.25, 0.3) is 0 Å². The van der Waals surface area contributed by atoms with E-state index in [0.29, 0.717) is 23.2 Å². The molecule has 7 heteroatoms. The molecule has 1 heterocycles. The van der Waals surface area contributed by atoms with Crippen LogP contribution in [-0.2, 0) is 4.74 Å². The molecule has 0 amide bonds. The summed E-state index contributed by atoms with van der Waals surface area (Å²) in [5.74, 6) is 1.29. The maximum absolute atomic E-state index is 5.51. The second-order valence-corrected chi connectivity index (χ2v) is 5.21. The Labute approximate surface area is 135 Å². The Hall–Kier alpha value is -1.86. The number of hydrogen-bond donors (Lipinski definition) is 2. The van der Waals surface area contributed by atoms with Gasteiger partial charge in [-0.2, -0.15) is 5.10 Å². The number of nitrogens with one attached hydrogen (secondary N) is 2. The van der Waals surface area contributed by atoms with Gasteiger partial charge in [0.2, 0.25) is 0 Å². The fourth-order valence-electron chi connectivity index (χ4n) is 2.23. The van der Waals surface area contributed by atoms with Crippen molar-refractivity contribution in [3.8, 4) is 11.5 Å². The first-order chi connectivity index (χ1) is 10.7. The molecule has 1 saturated heterocycles. The zero-order valence-corrected chi connectivity index (χ0v) is 13.6. The molecule has 0 aromatic heterocycles. The lowest BCUT2D eigenvalue weighted by Crippen LogP contribution is -2.37. The van der Waals surface area contributed by atoms with Gasteiger partial charge in [-0.05, 0) is 37.2 Å². The Bertz CT molecular complexity index is 531. The van der Waals surface area contributed by atoms with Crippen molar-refractivity contribution in [3.63, 3.8) is 0 Å². The van der Waals surface area contributed by atoms with E-state index in [1.54, 1.807) is 20.4 Å². The molecule has 22 heavy (non-hydrogen) atoms. The van der Waals surface area contributed by atoms with Crippen LogP contribution in [-0.4, -0.2) is 44.8 Å². The van der Waals surface area contributed by atoms with Crippen LogP contribution in [0, 0.1) is 0 Å². The number of para-hydroxylation sites is 1. The Morgan fingerprint density at radius 1 is 1.45 bits per heavy atom. The Morgan fingerprint density at radius 2 is 2.32 bits per heavy atom. The maximum atomic E-state index is 5.51. The minimum Gasteiger partial charge on any atom is -0.493 e. The van der Waals surface area contributed by atoms with E-state index in [4.69, 9.17) is 26.4 Å². The van der Waals surface area contributed by atoms with Gasteiger partial charge in [0.25, 0.3) is 0 Å². The number of hydrazone groups is 1. The predicted molar refractivity (Wildman–Crippen MR) is 89.9 cm³/mol. The highest BCUT2D eigenvalue weighted by Gasteiger charge is 2.15.